The van der Waals surface area contributed by atoms with Crippen LogP contribution in [-0.2, 0) is 9.53 Å². The quantitative estimate of drug-likeness (QED) is 0.861. The van der Waals surface area contributed by atoms with Crippen molar-refractivity contribution >= 4 is 5.91 Å². The van der Waals surface area contributed by atoms with Crippen LogP contribution in [0.15, 0.2) is 30.3 Å². The summed E-state index contributed by atoms with van der Waals surface area (Å²) < 4.78 is 6.25. The molecule has 1 aromatic rings. The molecule has 1 amide bonds. The molecule has 0 radical (unpaired) electrons. The van der Waals surface area contributed by atoms with Crippen molar-refractivity contribution in [3.8, 4) is 0 Å². The van der Waals surface area contributed by atoms with Crippen molar-refractivity contribution in [3.05, 3.63) is 35.9 Å². The zero-order valence-corrected chi connectivity index (χ0v) is 15.0. The van der Waals surface area contributed by atoms with Crippen LogP contribution in [-0.4, -0.2) is 42.1 Å². The molecule has 3 aliphatic rings. The van der Waals surface area contributed by atoms with Gasteiger partial charge < -0.3 is 15.0 Å². The van der Waals surface area contributed by atoms with Crippen LogP contribution in [0.5, 0.6) is 0 Å². The van der Waals surface area contributed by atoms with Crippen molar-refractivity contribution in [3.63, 3.8) is 0 Å². The van der Waals surface area contributed by atoms with Crippen LogP contribution >= 0.6 is 0 Å². The summed E-state index contributed by atoms with van der Waals surface area (Å²) in [6, 6.07) is 11.1. The summed E-state index contributed by atoms with van der Waals surface area (Å²) in [5, 5.41) is 3.28. The Morgan fingerprint density at radius 3 is 2.32 bits per heavy atom. The maximum Gasteiger partial charge on any atom is 0.254 e. The predicted octanol–water partition coefficient (Wildman–Crippen LogP) is 3.43. The Bertz CT molecular complexity index is 559. The minimum atomic E-state index is -0.467. The lowest BCUT2D eigenvalue weighted by Gasteiger charge is -2.33. The van der Waals surface area contributed by atoms with Gasteiger partial charge in [-0.2, -0.15) is 0 Å². The number of benzene rings is 1. The van der Waals surface area contributed by atoms with Gasteiger partial charge in [0.15, 0.2) is 6.10 Å². The van der Waals surface area contributed by atoms with E-state index in [-0.39, 0.29) is 12.0 Å². The SMILES string of the molecule is O=C(NC1CCN(C2CC2)CC1)C(OC1CCCC1)c1ccccc1. The Morgan fingerprint density at radius 2 is 1.68 bits per heavy atom. The number of ether oxygens (including phenoxy) is 1. The van der Waals surface area contributed by atoms with Crippen molar-refractivity contribution in [2.45, 2.75) is 75.7 Å². The second kappa shape index (κ2) is 7.88. The third-order valence-corrected chi connectivity index (χ3v) is 5.91. The van der Waals surface area contributed by atoms with Crippen LogP contribution in [0.4, 0.5) is 0 Å². The maximum atomic E-state index is 13.0. The van der Waals surface area contributed by atoms with Gasteiger partial charge in [-0.3, -0.25) is 4.79 Å². The molecule has 136 valence electrons. The molecule has 4 rings (SSSR count). The topological polar surface area (TPSA) is 41.6 Å². The van der Waals surface area contributed by atoms with E-state index in [4.69, 9.17) is 4.74 Å². The minimum absolute atomic E-state index is 0.0444. The average Bonchev–Trinajstić information content (AvgIpc) is 3.37. The molecule has 2 saturated carbocycles. The Kier molecular flexibility index (Phi) is 5.37. The zero-order chi connectivity index (χ0) is 17.1. The minimum Gasteiger partial charge on any atom is -0.360 e. The smallest absolute Gasteiger partial charge is 0.254 e. The molecule has 1 saturated heterocycles. The first-order valence-electron chi connectivity index (χ1n) is 10.0. The molecular weight excluding hydrogens is 312 g/mol. The van der Waals surface area contributed by atoms with Crippen LogP contribution < -0.4 is 5.32 Å². The summed E-state index contributed by atoms with van der Waals surface area (Å²) in [6.07, 6.45) is 9.21. The fraction of sp³-hybridized carbons (Fsp3) is 0.667. The van der Waals surface area contributed by atoms with Gasteiger partial charge in [0.2, 0.25) is 0 Å². The van der Waals surface area contributed by atoms with E-state index in [1.165, 1.54) is 25.7 Å². The molecular formula is C21H30N2O2. The molecule has 1 unspecified atom stereocenters. The second-order valence-corrected chi connectivity index (χ2v) is 7.88. The summed E-state index contributed by atoms with van der Waals surface area (Å²) in [5.74, 6) is 0.0444. The highest BCUT2D eigenvalue weighted by Crippen LogP contribution is 2.30. The van der Waals surface area contributed by atoms with Gasteiger partial charge in [-0.25, -0.2) is 0 Å². The van der Waals surface area contributed by atoms with Crippen LogP contribution in [0.1, 0.15) is 63.0 Å². The first kappa shape index (κ1) is 17.0. The number of likely N-dealkylation sites (tertiary alicyclic amines) is 1. The normalized spacial score (nSPS) is 24.3. The monoisotopic (exact) mass is 342 g/mol. The first-order valence-corrected chi connectivity index (χ1v) is 10.0. The predicted molar refractivity (Wildman–Crippen MR) is 98.3 cm³/mol. The van der Waals surface area contributed by atoms with Crippen molar-refractivity contribution < 1.29 is 9.53 Å². The highest BCUT2D eigenvalue weighted by molar-refractivity contribution is 5.82. The Morgan fingerprint density at radius 1 is 1.00 bits per heavy atom. The Hall–Kier alpha value is -1.39. The number of hydrogen-bond acceptors (Lipinski definition) is 3. The van der Waals surface area contributed by atoms with Crippen LogP contribution in [0.25, 0.3) is 0 Å². The molecule has 0 aromatic heterocycles. The van der Waals surface area contributed by atoms with Crippen molar-refractivity contribution in [1.29, 1.82) is 0 Å². The molecule has 25 heavy (non-hydrogen) atoms. The number of nitrogens with zero attached hydrogens (tertiary/aromatic N) is 1. The molecule has 1 N–H and O–H groups in total. The van der Waals surface area contributed by atoms with E-state index >= 15 is 0 Å². The van der Waals surface area contributed by atoms with Gasteiger partial charge in [-0.05, 0) is 44.1 Å². The van der Waals surface area contributed by atoms with E-state index in [0.717, 1.165) is 50.4 Å². The molecule has 1 aromatic carbocycles. The summed E-state index contributed by atoms with van der Waals surface area (Å²) in [6.45, 7) is 2.24. The highest BCUT2D eigenvalue weighted by Gasteiger charge is 2.33. The highest BCUT2D eigenvalue weighted by atomic mass is 16.5. The molecule has 1 atom stereocenters. The van der Waals surface area contributed by atoms with E-state index in [2.05, 4.69) is 10.2 Å². The van der Waals surface area contributed by atoms with Crippen molar-refractivity contribution in [2.75, 3.05) is 13.1 Å². The number of piperidine rings is 1. The van der Waals surface area contributed by atoms with Gasteiger partial charge in [0.05, 0.1) is 6.10 Å². The van der Waals surface area contributed by atoms with Crippen molar-refractivity contribution in [1.82, 2.24) is 10.2 Å². The lowest BCUT2D eigenvalue weighted by molar-refractivity contribution is -0.138. The summed E-state index contributed by atoms with van der Waals surface area (Å²) in [7, 11) is 0. The average molecular weight is 342 g/mol. The van der Waals surface area contributed by atoms with Gasteiger partial charge in [-0.1, -0.05) is 43.2 Å². The van der Waals surface area contributed by atoms with Crippen molar-refractivity contribution in [2.24, 2.45) is 0 Å². The molecule has 2 aliphatic carbocycles. The van der Waals surface area contributed by atoms with Crippen LogP contribution in [0.3, 0.4) is 0 Å². The number of carbonyl (C=O) groups excluding carboxylic acids is 1. The fourth-order valence-corrected chi connectivity index (χ4v) is 4.26. The maximum absolute atomic E-state index is 13.0. The van der Waals surface area contributed by atoms with Gasteiger partial charge in [-0.15, -0.1) is 0 Å². The van der Waals surface area contributed by atoms with Crippen LogP contribution in [0, 0.1) is 0 Å². The number of nitrogens with one attached hydrogen (secondary N) is 1. The molecule has 0 bridgehead atoms. The third-order valence-electron chi connectivity index (χ3n) is 5.91. The van der Waals surface area contributed by atoms with Crippen LogP contribution in [0.2, 0.25) is 0 Å². The molecule has 1 aliphatic heterocycles. The Balaban J connectivity index is 1.37. The van der Waals surface area contributed by atoms with Gasteiger partial charge in [0.25, 0.3) is 5.91 Å². The Labute approximate surface area is 150 Å². The molecule has 1 heterocycles. The zero-order valence-electron chi connectivity index (χ0n) is 15.0. The summed E-state index contributed by atoms with van der Waals surface area (Å²) in [5.41, 5.74) is 0.974. The van der Waals surface area contributed by atoms with E-state index in [9.17, 15) is 4.79 Å². The molecule has 4 nitrogen and oxygen atoms in total. The third kappa shape index (κ3) is 4.42. The standard InChI is InChI=1S/C21H30N2O2/c24-21(22-17-12-14-23(15-13-17)18-10-11-18)20(16-6-2-1-3-7-16)25-19-8-4-5-9-19/h1-3,6-7,17-20H,4-5,8-15H2,(H,22,24). The number of carbonyl (C=O) groups is 1. The lowest BCUT2D eigenvalue weighted by atomic mass is 10.0. The van der Waals surface area contributed by atoms with E-state index in [1.807, 2.05) is 30.3 Å². The molecule has 4 heteroatoms. The number of rotatable bonds is 6. The van der Waals surface area contributed by atoms with E-state index in [0.29, 0.717) is 6.04 Å². The number of amides is 1. The van der Waals surface area contributed by atoms with E-state index < -0.39 is 6.10 Å². The molecule has 0 spiro atoms. The lowest BCUT2D eigenvalue weighted by Crippen LogP contribution is -2.47. The summed E-state index contributed by atoms with van der Waals surface area (Å²) in [4.78, 5) is 15.6. The van der Waals surface area contributed by atoms with Gasteiger partial charge >= 0.3 is 0 Å². The van der Waals surface area contributed by atoms with Gasteiger partial charge in [0, 0.05) is 25.2 Å². The van der Waals surface area contributed by atoms with E-state index in [1.54, 1.807) is 0 Å². The number of hydrogen-bond donors (Lipinski definition) is 1. The summed E-state index contributed by atoms with van der Waals surface area (Å²) >= 11 is 0. The largest absolute Gasteiger partial charge is 0.360 e. The fourth-order valence-electron chi connectivity index (χ4n) is 4.26. The molecule has 3 fully saturated rings. The second-order valence-electron chi connectivity index (χ2n) is 7.88. The van der Waals surface area contributed by atoms with Gasteiger partial charge in [0.1, 0.15) is 0 Å². The first-order chi connectivity index (χ1) is 12.3.